The van der Waals surface area contributed by atoms with Gasteiger partial charge in [-0.1, -0.05) is 12.1 Å². The van der Waals surface area contributed by atoms with Crippen molar-refractivity contribution < 1.29 is 13.6 Å². The number of pyridine rings is 1. The van der Waals surface area contributed by atoms with Gasteiger partial charge in [0.1, 0.15) is 11.5 Å². The van der Waals surface area contributed by atoms with Gasteiger partial charge in [-0.25, -0.2) is 14.1 Å². The first kappa shape index (κ1) is 18.9. The fourth-order valence-corrected chi connectivity index (χ4v) is 3.24. The van der Waals surface area contributed by atoms with Gasteiger partial charge in [0.05, 0.1) is 23.4 Å². The van der Waals surface area contributed by atoms with Crippen molar-refractivity contribution in [2.45, 2.75) is 26.3 Å². The van der Waals surface area contributed by atoms with E-state index in [4.69, 9.17) is 4.42 Å². The Balaban J connectivity index is 1.63. The molecule has 148 valence electrons. The van der Waals surface area contributed by atoms with Gasteiger partial charge in [-0.15, -0.1) is 0 Å². The maximum absolute atomic E-state index is 13.3. The van der Waals surface area contributed by atoms with Crippen LogP contribution in [0.5, 0.6) is 0 Å². The Labute approximate surface area is 167 Å². The number of hydrogen-bond acceptors (Lipinski definition) is 4. The fourth-order valence-electron chi connectivity index (χ4n) is 3.24. The molecule has 0 radical (unpaired) electrons. The minimum absolute atomic E-state index is 0.0933. The molecular formula is C22H21FN4O2. The zero-order chi connectivity index (χ0) is 20.4. The Bertz CT molecular complexity index is 1150. The van der Waals surface area contributed by atoms with E-state index in [0.717, 1.165) is 5.56 Å². The highest BCUT2D eigenvalue weighted by molar-refractivity contribution is 6.06. The second kappa shape index (κ2) is 7.87. The summed E-state index contributed by atoms with van der Waals surface area (Å²) >= 11 is 0. The topological polar surface area (TPSA) is 73.0 Å². The number of nitrogens with zero attached hydrogens (tertiary/aromatic N) is 3. The molecule has 0 atom stereocenters. The standard InChI is InChI=1S/C22H21FN4O2/c1-14(2)27-21-18(13-25-27)17(12-19(26-21)20-7-4-10-29-20)22(28)24-9-8-15-5-3-6-16(23)11-15/h3-7,10-14H,8-9H2,1-2H3,(H,24,28). The van der Waals surface area contributed by atoms with Crippen molar-refractivity contribution in [1.29, 1.82) is 0 Å². The third kappa shape index (κ3) is 3.89. The van der Waals surface area contributed by atoms with E-state index >= 15 is 0 Å². The van der Waals surface area contributed by atoms with E-state index in [1.165, 1.54) is 12.1 Å². The van der Waals surface area contributed by atoms with E-state index < -0.39 is 0 Å². The molecule has 0 aliphatic rings. The first-order chi connectivity index (χ1) is 14.0. The minimum Gasteiger partial charge on any atom is -0.463 e. The van der Waals surface area contributed by atoms with Gasteiger partial charge < -0.3 is 9.73 Å². The van der Waals surface area contributed by atoms with Gasteiger partial charge >= 0.3 is 0 Å². The fraction of sp³-hybridized carbons (Fsp3) is 0.227. The molecule has 0 spiro atoms. The monoisotopic (exact) mass is 392 g/mol. The van der Waals surface area contributed by atoms with Gasteiger partial charge in [0, 0.05) is 12.6 Å². The summed E-state index contributed by atoms with van der Waals surface area (Å²) in [6.45, 7) is 4.40. The van der Waals surface area contributed by atoms with Crippen molar-refractivity contribution in [3.8, 4) is 11.5 Å². The molecular weight excluding hydrogens is 371 g/mol. The Morgan fingerprint density at radius 2 is 2.10 bits per heavy atom. The molecule has 1 amide bonds. The van der Waals surface area contributed by atoms with Crippen LogP contribution in [-0.2, 0) is 6.42 Å². The van der Waals surface area contributed by atoms with Crippen LogP contribution in [0.25, 0.3) is 22.5 Å². The molecule has 0 bridgehead atoms. The van der Waals surface area contributed by atoms with Crippen LogP contribution in [-0.4, -0.2) is 27.2 Å². The number of rotatable bonds is 6. The SMILES string of the molecule is CC(C)n1ncc2c(C(=O)NCCc3cccc(F)c3)cc(-c3ccco3)nc21. The largest absolute Gasteiger partial charge is 0.463 e. The highest BCUT2D eigenvalue weighted by Crippen LogP contribution is 2.26. The van der Waals surface area contributed by atoms with Crippen molar-refractivity contribution in [1.82, 2.24) is 20.1 Å². The van der Waals surface area contributed by atoms with Crippen LogP contribution in [0.3, 0.4) is 0 Å². The number of halogens is 1. The average Bonchev–Trinajstić information content (AvgIpc) is 3.37. The summed E-state index contributed by atoms with van der Waals surface area (Å²) in [5, 5.41) is 7.99. The summed E-state index contributed by atoms with van der Waals surface area (Å²) in [5.41, 5.74) is 2.51. The molecule has 1 N–H and O–H groups in total. The lowest BCUT2D eigenvalue weighted by molar-refractivity contribution is 0.0955. The van der Waals surface area contributed by atoms with Crippen LogP contribution in [0.15, 0.2) is 59.3 Å². The predicted octanol–water partition coefficient (Wildman–Crippen LogP) is 4.38. The number of fused-ring (bicyclic) bond motifs is 1. The second-order valence-corrected chi connectivity index (χ2v) is 7.09. The second-order valence-electron chi connectivity index (χ2n) is 7.09. The zero-order valence-corrected chi connectivity index (χ0v) is 16.2. The summed E-state index contributed by atoms with van der Waals surface area (Å²) in [4.78, 5) is 17.6. The van der Waals surface area contributed by atoms with Crippen molar-refractivity contribution in [3.05, 3.63) is 71.9 Å². The molecule has 0 aliphatic carbocycles. The lowest BCUT2D eigenvalue weighted by atomic mass is 10.1. The third-order valence-corrected chi connectivity index (χ3v) is 4.66. The first-order valence-electron chi connectivity index (χ1n) is 9.47. The van der Waals surface area contributed by atoms with Gasteiger partial charge in [-0.3, -0.25) is 4.79 Å². The Morgan fingerprint density at radius 1 is 1.24 bits per heavy atom. The number of carbonyl (C=O) groups is 1. The lowest BCUT2D eigenvalue weighted by Crippen LogP contribution is -2.26. The number of nitrogens with one attached hydrogen (secondary N) is 1. The van der Waals surface area contributed by atoms with Crippen molar-refractivity contribution in [2.24, 2.45) is 0 Å². The number of benzene rings is 1. The van der Waals surface area contributed by atoms with Crippen molar-refractivity contribution in [2.75, 3.05) is 6.54 Å². The van der Waals surface area contributed by atoms with Crippen LogP contribution < -0.4 is 5.32 Å². The maximum atomic E-state index is 13.3. The van der Waals surface area contributed by atoms with E-state index in [1.54, 1.807) is 41.4 Å². The molecule has 0 saturated carbocycles. The average molecular weight is 392 g/mol. The van der Waals surface area contributed by atoms with E-state index in [2.05, 4.69) is 15.4 Å². The Kier molecular flexibility index (Phi) is 5.12. The zero-order valence-electron chi connectivity index (χ0n) is 16.2. The van der Waals surface area contributed by atoms with Gasteiger partial charge in [0.2, 0.25) is 0 Å². The number of furan rings is 1. The minimum atomic E-state index is -0.283. The van der Waals surface area contributed by atoms with Crippen molar-refractivity contribution >= 4 is 16.9 Å². The van der Waals surface area contributed by atoms with E-state index in [-0.39, 0.29) is 17.8 Å². The third-order valence-electron chi connectivity index (χ3n) is 4.66. The molecule has 29 heavy (non-hydrogen) atoms. The number of carbonyl (C=O) groups excluding carboxylic acids is 1. The molecule has 0 unspecified atom stereocenters. The number of hydrogen-bond donors (Lipinski definition) is 1. The summed E-state index contributed by atoms with van der Waals surface area (Å²) in [6.07, 6.45) is 3.77. The number of aromatic nitrogens is 3. The van der Waals surface area contributed by atoms with Crippen LogP contribution >= 0.6 is 0 Å². The lowest BCUT2D eigenvalue weighted by Gasteiger charge is -2.10. The normalized spacial score (nSPS) is 11.3. The Morgan fingerprint density at radius 3 is 2.83 bits per heavy atom. The smallest absolute Gasteiger partial charge is 0.252 e. The molecule has 0 fully saturated rings. The molecule has 6 nitrogen and oxygen atoms in total. The van der Waals surface area contributed by atoms with E-state index in [9.17, 15) is 9.18 Å². The van der Waals surface area contributed by atoms with Crippen molar-refractivity contribution in [3.63, 3.8) is 0 Å². The highest BCUT2D eigenvalue weighted by Gasteiger charge is 2.19. The Hall–Kier alpha value is -3.48. The summed E-state index contributed by atoms with van der Waals surface area (Å²) < 4.78 is 20.6. The molecule has 4 aromatic rings. The van der Waals surface area contributed by atoms with E-state index in [1.807, 2.05) is 19.9 Å². The molecule has 4 rings (SSSR count). The van der Waals surface area contributed by atoms with Crippen LogP contribution in [0.1, 0.15) is 35.8 Å². The maximum Gasteiger partial charge on any atom is 0.252 e. The van der Waals surface area contributed by atoms with Gasteiger partial charge in [0.15, 0.2) is 11.4 Å². The molecule has 7 heteroatoms. The summed E-state index contributed by atoms with van der Waals surface area (Å²) in [5.74, 6) is 0.0657. The molecule has 1 aromatic carbocycles. The molecule has 0 aliphatic heterocycles. The first-order valence-corrected chi connectivity index (χ1v) is 9.47. The predicted molar refractivity (Wildman–Crippen MR) is 108 cm³/mol. The molecule has 0 saturated heterocycles. The van der Waals surface area contributed by atoms with Crippen LogP contribution in [0, 0.1) is 5.82 Å². The summed E-state index contributed by atoms with van der Waals surface area (Å²) in [6, 6.07) is 11.8. The van der Waals surface area contributed by atoms with Crippen LogP contribution in [0.4, 0.5) is 4.39 Å². The number of amides is 1. The quantitative estimate of drug-likeness (QED) is 0.528. The van der Waals surface area contributed by atoms with Crippen LogP contribution in [0.2, 0.25) is 0 Å². The van der Waals surface area contributed by atoms with Gasteiger partial charge in [0.25, 0.3) is 5.91 Å². The van der Waals surface area contributed by atoms with E-state index in [0.29, 0.717) is 41.0 Å². The van der Waals surface area contributed by atoms with Gasteiger partial charge in [-0.05, 0) is 56.2 Å². The summed E-state index contributed by atoms with van der Waals surface area (Å²) in [7, 11) is 0. The van der Waals surface area contributed by atoms with Gasteiger partial charge in [-0.2, -0.15) is 5.10 Å². The highest BCUT2D eigenvalue weighted by atomic mass is 19.1. The molecule has 3 aromatic heterocycles. The molecule has 3 heterocycles.